The lowest BCUT2D eigenvalue weighted by Crippen LogP contribution is -2.19. The molecule has 2 aromatic rings. The van der Waals surface area contributed by atoms with E-state index in [0.717, 1.165) is 18.1 Å². The molecule has 2 heterocycles. The Hall–Kier alpha value is -1.74. The van der Waals surface area contributed by atoms with E-state index >= 15 is 0 Å². The summed E-state index contributed by atoms with van der Waals surface area (Å²) in [5, 5.41) is 0. The van der Waals surface area contributed by atoms with Crippen molar-refractivity contribution in [2.75, 3.05) is 13.2 Å². The van der Waals surface area contributed by atoms with E-state index in [9.17, 15) is 0 Å². The molecule has 82 valence electrons. The molecule has 3 rings (SSSR count). The second-order valence-electron chi connectivity index (χ2n) is 3.97. The molecule has 1 aliphatic heterocycles. The van der Waals surface area contributed by atoms with Crippen LogP contribution in [0.5, 0.6) is 5.75 Å². The van der Waals surface area contributed by atoms with Gasteiger partial charge in [0, 0.05) is 6.20 Å². The van der Waals surface area contributed by atoms with E-state index in [1.54, 1.807) is 0 Å². The number of hydrogen-bond acceptors (Lipinski definition) is 2. The third-order valence-electron chi connectivity index (χ3n) is 2.80. The summed E-state index contributed by atoms with van der Waals surface area (Å²) in [6, 6.07) is 13.8. The summed E-state index contributed by atoms with van der Waals surface area (Å²) in [4.78, 5) is 3.17. The number of H-pyrrole nitrogens is 1. The summed E-state index contributed by atoms with van der Waals surface area (Å²) in [6.45, 7) is 1.28. The zero-order chi connectivity index (χ0) is 10.8. The molecule has 0 radical (unpaired) electrons. The minimum Gasteiger partial charge on any atom is -0.490 e. The number of nitrogens with one attached hydrogen (secondary N) is 1. The van der Waals surface area contributed by atoms with Gasteiger partial charge in [-0.1, -0.05) is 18.2 Å². The lowest BCUT2D eigenvalue weighted by Gasteiger charge is -2.11. The summed E-state index contributed by atoms with van der Waals surface area (Å²) in [5.41, 5.74) is 0.836. The predicted molar refractivity (Wildman–Crippen MR) is 60.4 cm³/mol. The molecule has 1 unspecified atom stereocenters. The van der Waals surface area contributed by atoms with Crippen LogP contribution >= 0.6 is 0 Å². The maximum atomic E-state index is 5.71. The van der Waals surface area contributed by atoms with E-state index in [0.29, 0.717) is 6.61 Å². The first-order valence-corrected chi connectivity index (χ1v) is 5.35. The Morgan fingerprint density at radius 2 is 2.00 bits per heavy atom. The number of benzene rings is 1. The highest BCUT2D eigenvalue weighted by Crippen LogP contribution is 2.38. The van der Waals surface area contributed by atoms with Gasteiger partial charge in [0.05, 0.1) is 12.3 Å². The van der Waals surface area contributed by atoms with Gasteiger partial charge in [-0.15, -0.1) is 0 Å². The third kappa shape index (κ3) is 1.70. The van der Waals surface area contributed by atoms with Gasteiger partial charge < -0.3 is 14.5 Å². The van der Waals surface area contributed by atoms with E-state index in [4.69, 9.17) is 9.47 Å². The SMILES string of the molecule is c1ccc(OCC2(c3ccc[nH]3)CO2)cc1. The molecule has 1 saturated heterocycles. The highest BCUT2D eigenvalue weighted by molar-refractivity contribution is 5.23. The molecule has 1 aromatic heterocycles. The molecule has 3 heteroatoms. The largest absolute Gasteiger partial charge is 0.490 e. The number of aromatic nitrogens is 1. The van der Waals surface area contributed by atoms with Crippen molar-refractivity contribution in [3.8, 4) is 5.75 Å². The van der Waals surface area contributed by atoms with E-state index in [-0.39, 0.29) is 5.60 Å². The van der Waals surface area contributed by atoms with Crippen LogP contribution in [0.1, 0.15) is 5.69 Å². The lowest BCUT2D eigenvalue weighted by atomic mass is 10.1. The zero-order valence-electron chi connectivity index (χ0n) is 8.85. The van der Waals surface area contributed by atoms with Gasteiger partial charge in [-0.2, -0.15) is 0 Å². The van der Waals surface area contributed by atoms with Gasteiger partial charge in [-0.3, -0.25) is 0 Å². The van der Waals surface area contributed by atoms with Gasteiger partial charge in [0.2, 0.25) is 0 Å². The van der Waals surface area contributed by atoms with Crippen molar-refractivity contribution in [3.63, 3.8) is 0 Å². The fourth-order valence-corrected chi connectivity index (χ4v) is 1.73. The maximum Gasteiger partial charge on any atom is 0.165 e. The van der Waals surface area contributed by atoms with E-state index in [2.05, 4.69) is 4.98 Å². The summed E-state index contributed by atoms with van der Waals surface area (Å²) in [7, 11) is 0. The van der Waals surface area contributed by atoms with E-state index < -0.39 is 0 Å². The van der Waals surface area contributed by atoms with Crippen molar-refractivity contribution >= 4 is 0 Å². The van der Waals surface area contributed by atoms with Crippen molar-refractivity contribution in [1.82, 2.24) is 4.98 Å². The Morgan fingerprint density at radius 3 is 2.62 bits per heavy atom. The summed E-state index contributed by atoms with van der Waals surface area (Å²) >= 11 is 0. The molecule has 1 aliphatic rings. The molecular formula is C13H13NO2. The van der Waals surface area contributed by atoms with Crippen molar-refractivity contribution in [2.24, 2.45) is 0 Å². The Morgan fingerprint density at radius 1 is 1.19 bits per heavy atom. The van der Waals surface area contributed by atoms with Gasteiger partial charge in [0.1, 0.15) is 12.4 Å². The lowest BCUT2D eigenvalue weighted by molar-refractivity contribution is 0.187. The predicted octanol–water partition coefficient (Wildman–Crippen LogP) is 2.32. The molecule has 1 aromatic carbocycles. The first kappa shape index (κ1) is 9.48. The fourth-order valence-electron chi connectivity index (χ4n) is 1.73. The molecule has 1 atom stereocenters. The second-order valence-corrected chi connectivity index (χ2v) is 3.97. The number of hydrogen-bond donors (Lipinski definition) is 1. The van der Waals surface area contributed by atoms with Crippen LogP contribution in [-0.2, 0) is 10.3 Å². The van der Waals surface area contributed by atoms with Crippen LogP contribution in [0.3, 0.4) is 0 Å². The Kier molecular flexibility index (Phi) is 2.18. The third-order valence-corrected chi connectivity index (χ3v) is 2.80. The van der Waals surface area contributed by atoms with Gasteiger partial charge in [0.25, 0.3) is 0 Å². The first-order chi connectivity index (χ1) is 7.89. The smallest absolute Gasteiger partial charge is 0.165 e. The number of epoxide rings is 1. The van der Waals surface area contributed by atoms with Crippen LogP contribution in [0, 0.1) is 0 Å². The van der Waals surface area contributed by atoms with Gasteiger partial charge in [0.15, 0.2) is 5.60 Å². The van der Waals surface area contributed by atoms with E-state index in [1.165, 1.54) is 0 Å². The van der Waals surface area contributed by atoms with Crippen molar-refractivity contribution in [1.29, 1.82) is 0 Å². The average molecular weight is 215 g/mol. The number of rotatable bonds is 4. The van der Waals surface area contributed by atoms with Crippen LogP contribution in [0.2, 0.25) is 0 Å². The molecule has 16 heavy (non-hydrogen) atoms. The minimum atomic E-state index is -0.251. The summed E-state index contributed by atoms with van der Waals surface area (Å²) in [6.07, 6.45) is 1.90. The molecule has 1 N–H and O–H groups in total. The van der Waals surface area contributed by atoms with Crippen LogP contribution in [0.4, 0.5) is 0 Å². The fraction of sp³-hybridized carbons (Fsp3) is 0.231. The molecule has 0 bridgehead atoms. The summed E-state index contributed by atoms with van der Waals surface area (Å²) < 4.78 is 11.2. The highest BCUT2D eigenvalue weighted by atomic mass is 16.6. The summed E-state index contributed by atoms with van der Waals surface area (Å²) in [5.74, 6) is 0.879. The Labute approximate surface area is 94.0 Å². The quantitative estimate of drug-likeness (QED) is 0.795. The number of aromatic amines is 1. The topological polar surface area (TPSA) is 37.5 Å². The van der Waals surface area contributed by atoms with Crippen molar-refractivity contribution < 1.29 is 9.47 Å². The zero-order valence-corrected chi connectivity index (χ0v) is 8.85. The maximum absolute atomic E-state index is 5.71. The first-order valence-electron chi connectivity index (χ1n) is 5.35. The number of para-hydroxylation sites is 1. The van der Waals surface area contributed by atoms with Gasteiger partial charge in [-0.05, 0) is 24.3 Å². The Bertz CT molecular complexity index is 446. The minimum absolute atomic E-state index is 0.251. The Balaban J connectivity index is 1.68. The van der Waals surface area contributed by atoms with Gasteiger partial charge >= 0.3 is 0 Å². The molecule has 0 amide bonds. The average Bonchev–Trinajstić information content (AvgIpc) is 2.92. The van der Waals surface area contributed by atoms with Crippen LogP contribution < -0.4 is 4.74 Å². The second kappa shape index (κ2) is 3.68. The standard InChI is InChI=1S/C13H13NO2/c1-2-5-11(6-3-1)15-9-13(10-16-13)12-7-4-8-14-12/h1-8,14H,9-10H2. The van der Waals surface area contributed by atoms with Crippen LogP contribution in [0.15, 0.2) is 48.7 Å². The van der Waals surface area contributed by atoms with Crippen molar-refractivity contribution in [3.05, 3.63) is 54.4 Å². The molecular weight excluding hydrogens is 202 g/mol. The van der Waals surface area contributed by atoms with Crippen LogP contribution in [-0.4, -0.2) is 18.2 Å². The molecule has 0 aliphatic carbocycles. The van der Waals surface area contributed by atoms with Crippen LogP contribution in [0.25, 0.3) is 0 Å². The van der Waals surface area contributed by atoms with Gasteiger partial charge in [-0.25, -0.2) is 0 Å². The monoisotopic (exact) mass is 215 g/mol. The van der Waals surface area contributed by atoms with E-state index in [1.807, 2.05) is 48.7 Å². The highest BCUT2D eigenvalue weighted by Gasteiger charge is 2.48. The van der Waals surface area contributed by atoms with Crippen molar-refractivity contribution in [2.45, 2.75) is 5.60 Å². The molecule has 0 spiro atoms. The molecule has 1 fully saturated rings. The molecule has 3 nitrogen and oxygen atoms in total. The normalized spacial score (nSPS) is 23.0. The number of ether oxygens (including phenoxy) is 2. The molecule has 0 saturated carbocycles.